The summed E-state index contributed by atoms with van der Waals surface area (Å²) in [6.45, 7) is 4.75. The van der Waals surface area contributed by atoms with Gasteiger partial charge in [-0.3, -0.25) is 9.59 Å². The van der Waals surface area contributed by atoms with E-state index in [1.54, 1.807) is 12.0 Å². The van der Waals surface area contributed by atoms with Crippen LogP contribution in [0.15, 0.2) is 15.4 Å². The highest BCUT2D eigenvalue weighted by atomic mass is 16.5. The first-order valence-corrected chi connectivity index (χ1v) is 6.48. The summed E-state index contributed by atoms with van der Waals surface area (Å²) in [6, 6.07) is 1.13. The quantitative estimate of drug-likeness (QED) is 0.827. The standard InChI is InChI=1S/C13H20N2O5/c1-12(2)7-15(5-4-13(12,18)8-19-3)11(17)9-6-10(16)14-20-9/h6,18H,4-5,7-8H2,1-3H3,(H,14,16)/t13-/m1/s1. The average Bonchev–Trinajstić information content (AvgIpc) is 2.79. The molecule has 7 heteroatoms. The lowest BCUT2D eigenvalue weighted by molar-refractivity contribution is -0.144. The molecular formula is C13H20N2O5. The fourth-order valence-corrected chi connectivity index (χ4v) is 2.59. The van der Waals surface area contributed by atoms with Crippen molar-refractivity contribution in [3.05, 3.63) is 22.2 Å². The van der Waals surface area contributed by atoms with Crippen molar-refractivity contribution in [1.82, 2.24) is 10.1 Å². The zero-order chi connectivity index (χ0) is 15.0. The van der Waals surface area contributed by atoms with E-state index >= 15 is 0 Å². The van der Waals surface area contributed by atoms with Crippen molar-refractivity contribution in [3.8, 4) is 0 Å². The van der Waals surface area contributed by atoms with Gasteiger partial charge in [0.25, 0.3) is 11.5 Å². The molecule has 0 radical (unpaired) electrons. The first-order chi connectivity index (χ1) is 9.29. The van der Waals surface area contributed by atoms with Crippen LogP contribution in [-0.2, 0) is 4.74 Å². The molecule has 2 rings (SSSR count). The topological polar surface area (TPSA) is 95.8 Å². The smallest absolute Gasteiger partial charge is 0.292 e. The monoisotopic (exact) mass is 284 g/mol. The SMILES string of the molecule is COC[C@]1(O)CCN(C(=O)c2cc(=O)[nH]o2)CC1(C)C. The van der Waals surface area contributed by atoms with E-state index in [-0.39, 0.29) is 18.3 Å². The van der Waals surface area contributed by atoms with Gasteiger partial charge in [0, 0.05) is 25.6 Å². The highest BCUT2D eigenvalue weighted by Gasteiger charge is 2.48. The van der Waals surface area contributed by atoms with Crippen LogP contribution in [0.4, 0.5) is 0 Å². The van der Waals surface area contributed by atoms with Crippen molar-refractivity contribution in [2.24, 2.45) is 5.41 Å². The number of carbonyl (C=O) groups excluding carboxylic acids is 1. The molecule has 0 saturated carbocycles. The second kappa shape index (κ2) is 5.06. The van der Waals surface area contributed by atoms with E-state index in [0.29, 0.717) is 19.5 Å². The number of aromatic nitrogens is 1. The van der Waals surface area contributed by atoms with E-state index in [0.717, 1.165) is 6.07 Å². The minimum absolute atomic E-state index is 0.0111. The summed E-state index contributed by atoms with van der Waals surface area (Å²) >= 11 is 0. The van der Waals surface area contributed by atoms with E-state index in [2.05, 4.69) is 5.16 Å². The summed E-state index contributed by atoms with van der Waals surface area (Å²) in [6.07, 6.45) is 0.411. The molecule has 1 aromatic heterocycles. The zero-order valence-corrected chi connectivity index (χ0v) is 11.9. The third kappa shape index (κ3) is 2.51. The molecule has 0 unspecified atom stereocenters. The van der Waals surface area contributed by atoms with Crippen molar-refractivity contribution in [2.45, 2.75) is 25.9 Å². The molecule has 1 atom stereocenters. The Balaban J connectivity index is 2.15. The molecule has 7 nitrogen and oxygen atoms in total. The number of H-pyrrole nitrogens is 1. The normalized spacial score (nSPS) is 25.7. The van der Waals surface area contributed by atoms with Gasteiger partial charge in [0.2, 0.25) is 5.76 Å². The molecular weight excluding hydrogens is 264 g/mol. The lowest BCUT2D eigenvalue weighted by atomic mass is 9.70. The molecule has 0 aromatic carbocycles. The minimum Gasteiger partial charge on any atom is -0.387 e. The van der Waals surface area contributed by atoms with E-state index < -0.39 is 16.6 Å². The number of amides is 1. The maximum Gasteiger partial charge on any atom is 0.292 e. The van der Waals surface area contributed by atoms with Gasteiger partial charge in [-0.25, -0.2) is 0 Å². The fraction of sp³-hybridized carbons (Fsp3) is 0.692. The zero-order valence-electron chi connectivity index (χ0n) is 11.9. The van der Waals surface area contributed by atoms with Crippen LogP contribution in [0.5, 0.6) is 0 Å². The molecule has 1 saturated heterocycles. The number of ether oxygens (including phenoxy) is 1. The Bertz CT molecular complexity index is 547. The van der Waals surface area contributed by atoms with Crippen LogP contribution >= 0.6 is 0 Å². The number of piperidine rings is 1. The first kappa shape index (κ1) is 14.8. The van der Waals surface area contributed by atoms with Crippen LogP contribution in [-0.4, -0.2) is 53.5 Å². The van der Waals surface area contributed by atoms with E-state index in [1.165, 1.54) is 0 Å². The van der Waals surface area contributed by atoms with Gasteiger partial charge in [0.15, 0.2) is 0 Å². The number of likely N-dealkylation sites (tertiary alicyclic amines) is 1. The van der Waals surface area contributed by atoms with Gasteiger partial charge in [0.1, 0.15) is 0 Å². The third-order valence-corrected chi connectivity index (χ3v) is 4.05. The summed E-state index contributed by atoms with van der Waals surface area (Å²) in [7, 11) is 1.54. The van der Waals surface area contributed by atoms with Gasteiger partial charge < -0.3 is 19.3 Å². The van der Waals surface area contributed by atoms with Crippen LogP contribution in [0.2, 0.25) is 0 Å². The van der Waals surface area contributed by atoms with Gasteiger partial charge in [-0.2, -0.15) is 5.16 Å². The number of nitrogens with one attached hydrogen (secondary N) is 1. The predicted molar refractivity (Wildman–Crippen MR) is 70.5 cm³/mol. The number of rotatable bonds is 3. The van der Waals surface area contributed by atoms with Crippen molar-refractivity contribution >= 4 is 5.91 Å². The summed E-state index contributed by atoms with van der Waals surface area (Å²) in [5.41, 5.74) is -1.94. The summed E-state index contributed by atoms with van der Waals surface area (Å²) in [5.74, 6) is -0.362. The van der Waals surface area contributed by atoms with Crippen molar-refractivity contribution in [1.29, 1.82) is 0 Å². The Hall–Kier alpha value is -1.60. The van der Waals surface area contributed by atoms with Crippen LogP contribution in [0.25, 0.3) is 0 Å². The molecule has 1 amide bonds. The molecule has 0 bridgehead atoms. The van der Waals surface area contributed by atoms with Crippen molar-refractivity contribution < 1.29 is 19.2 Å². The Morgan fingerprint density at radius 3 is 2.80 bits per heavy atom. The highest BCUT2D eigenvalue weighted by Crippen LogP contribution is 2.39. The molecule has 2 N–H and O–H groups in total. The third-order valence-electron chi connectivity index (χ3n) is 4.05. The van der Waals surface area contributed by atoms with Crippen molar-refractivity contribution in [2.75, 3.05) is 26.8 Å². The van der Waals surface area contributed by atoms with Gasteiger partial charge in [-0.1, -0.05) is 13.8 Å². The maximum absolute atomic E-state index is 12.2. The number of nitrogens with zero attached hydrogens (tertiary/aromatic N) is 1. The van der Waals surface area contributed by atoms with Crippen LogP contribution in [0.3, 0.4) is 0 Å². The van der Waals surface area contributed by atoms with Crippen LogP contribution < -0.4 is 5.56 Å². The molecule has 2 heterocycles. The van der Waals surface area contributed by atoms with Gasteiger partial charge in [-0.05, 0) is 6.42 Å². The molecule has 1 aromatic rings. The Morgan fingerprint density at radius 2 is 2.30 bits per heavy atom. The average molecular weight is 284 g/mol. The van der Waals surface area contributed by atoms with E-state index in [9.17, 15) is 14.7 Å². The summed E-state index contributed by atoms with van der Waals surface area (Å²) < 4.78 is 9.92. The van der Waals surface area contributed by atoms with E-state index in [1.807, 2.05) is 13.8 Å². The highest BCUT2D eigenvalue weighted by molar-refractivity contribution is 5.91. The number of carbonyl (C=O) groups is 1. The Morgan fingerprint density at radius 1 is 1.60 bits per heavy atom. The minimum atomic E-state index is -0.975. The Kier molecular flexibility index (Phi) is 3.75. The lowest BCUT2D eigenvalue weighted by Gasteiger charge is -2.49. The number of aromatic amines is 1. The molecule has 20 heavy (non-hydrogen) atoms. The molecule has 1 fully saturated rings. The van der Waals surface area contributed by atoms with Crippen molar-refractivity contribution in [3.63, 3.8) is 0 Å². The Labute approximate surface area is 116 Å². The molecule has 0 spiro atoms. The van der Waals surface area contributed by atoms with Crippen LogP contribution in [0, 0.1) is 5.41 Å². The number of hydrogen-bond donors (Lipinski definition) is 2. The summed E-state index contributed by atoms with van der Waals surface area (Å²) in [5, 5.41) is 12.7. The molecule has 0 aliphatic carbocycles. The van der Waals surface area contributed by atoms with Gasteiger partial charge in [-0.15, -0.1) is 0 Å². The molecule has 1 aliphatic heterocycles. The fourth-order valence-electron chi connectivity index (χ4n) is 2.59. The first-order valence-electron chi connectivity index (χ1n) is 6.48. The second-order valence-corrected chi connectivity index (χ2v) is 5.90. The summed E-state index contributed by atoms with van der Waals surface area (Å²) in [4.78, 5) is 24.8. The molecule has 112 valence electrons. The maximum atomic E-state index is 12.2. The largest absolute Gasteiger partial charge is 0.387 e. The lowest BCUT2D eigenvalue weighted by Crippen LogP contribution is -2.60. The second-order valence-electron chi connectivity index (χ2n) is 5.90. The number of hydrogen-bond acceptors (Lipinski definition) is 5. The molecule has 1 aliphatic rings. The number of methoxy groups -OCH3 is 1. The van der Waals surface area contributed by atoms with Crippen LogP contribution in [0.1, 0.15) is 30.8 Å². The van der Waals surface area contributed by atoms with Gasteiger partial charge >= 0.3 is 0 Å². The number of aliphatic hydroxyl groups is 1. The van der Waals surface area contributed by atoms with E-state index in [4.69, 9.17) is 9.26 Å². The predicted octanol–water partition coefficient (Wildman–Crippen LogP) is 0.218. The van der Waals surface area contributed by atoms with Gasteiger partial charge in [0.05, 0.1) is 18.3 Å².